The van der Waals surface area contributed by atoms with Crippen molar-refractivity contribution in [3.63, 3.8) is 0 Å². The second-order valence-corrected chi connectivity index (χ2v) is 18.4. The van der Waals surface area contributed by atoms with E-state index in [4.69, 9.17) is 11.5 Å². The molecule has 386 valence electrons. The van der Waals surface area contributed by atoms with Crippen LogP contribution in [0.5, 0.6) is 0 Å². The van der Waals surface area contributed by atoms with E-state index in [1.54, 1.807) is 12.3 Å². The number of fused-ring (bicyclic) bond motifs is 1. The predicted molar refractivity (Wildman–Crippen MR) is 262 cm³/mol. The van der Waals surface area contributed by atoms with Gasteiger partial charge >= 0.3 is 5.97 Å². The number of guanidine groups is 1. The number of carbonyl (C=O) groups is 7. The van der Waals surface area contributed by atoms with Crippen LogP contribution in [0.15, 0.2) is 53.7 Å². The number of aromatic nitrogens is 1. The molecule has 1 aliphatic rings. The first-order valence-electron chi connectivity index (χ1n) is 23.3. The molecule has 1 aliphatic heterocycles. The van der Waals surface area contributed by atoms with Crippen LogP contribution in [-0.2, 0) is 40.0 Å². The molecule has 4 rings (SSSR count). The second kappa shape index (κ2) is 25.7. The third-order valence-electron chi connectivity index (χ3n) is 11.7. The van der Waals surface area contributed by atoms with Gasteiger partial charge in [0.1, 0.15) is 48.0 Å². The monoisotopic (exact) mass is 991 g/mol. The number of hydrogen-bond acceptors (Lipinski definition) is 13. The van der Waals surface area contributed by atoms with Crippen LogP contribution in [0.25, 0.3) is 10.9 Å². The predicted octanol–water partition coefficient (Wildman–Crippen LogP) is 1.37. The number of non-ortho nitro benzene ring substituents is 1. The molecule has 1 fully saturated rings. The summed E-state index contributed by atoms with van der Waals surface area (Å²) in [6.07, 6.45) is 2.78. The fourth-order valence-electron chi connectivity index (χ4n) is 8.13. The number of aliphatic imine (C=N–C) groups is 1. The number of carboxylic acid groups (broad SMARTS) is 1. The van der Waals surface area contributed by atoms with Crippen molar-refractivity contribution in [1.29, 1.82) is 0 Å². The van der Waals surface area contributed by atoms with Gasteiger partial charge in [0.25, 0.3) is 11.4 Å². The first-order chi connectivity index (χ1) is 33.5. The molecule has 0 spiro atoms. The van der Waals surface area contributed by atoms with Crippen LogP contribution >= 0.6 is 0 Å². The molecule has 0 unspecified atom stereocenters. The first-order valence-corrected chi connectivity index (χ1v) is 23.3. The number of carboxylic acids is 1. The van der Waals surface area contributed by atoms with Gasteiger partial charge in [0, 0.05) is 42.7 Å². The zero-order chi connectivity index (χ0) is 52.7. The summed E-state index contributed by atoms with van der Waals surface area (Å²) < 4.78 is 0. The summed E-state index contributed by atoms with van der Waals surface area (Å²) in [6.45, 7) is 10.3. The van der Waals surface area contributed by atoms with E-state index in [1.807, 2.05) is 45.9 Å². The Bertz CT molecular complexity index is 2470. The molecule has 12 N–H and O–H groups in total. The van der Waals surface area contributed by atoms with Gasteiger partial charge in [-0.25, -0.2) is 4.79 Å². The molecule has 0 radical (unpaired) electrons. The number of carbonyl (C=O) groups excluding carboxylic acids is 6. The van der Waals surface area contributed by atoms with E-state index in [0.717, 1.165) is 23.0 Å². The molecule has 25 nitrogen and oxygen atoms in total. The number of benzene rings is 2. The van der Waals surface area contributed by atoms with Crippen LogP contribution in [0.3, 0.4) is 0 Å². The number of nitro groups is 2. The van der Waals surface area contributed by atoms with Crippen LogP contribution in [0, 0.1) is 32.1 Å². The van der Waals surface area contributed by atoms with Gasteiger partial charge in [0.2, 0.25) is 35.4 Å². The maximum Gasteiger partial charge on any atom is 0.326 e. The van der Waals surface area contributed by atoms with Crippen LogP contribution in [0.2, 0.25) is 0 Å². The van der Waals surface area contributed by atoms with Crippen LogP contribution in [-0.4, -0.2) is 123 Å². The Hall–Kier alpha value is -7.86. The van der Waals surface area contributed by atoms with Crippen molar-refractivity contribution in [2.24, 2.45) is 28.3 Å². The SMILES string of the molecule is CC(C)C[C@H](NC(=O)[C@H](C)NC(=O)[C@H](CC(C)C)NC(=O)[C@@H]1CCCN1c1ccc([N+](=O)[O-])cc1[N+](=O)[O-])C(=O)N[C@@H](Cc1c[nH]c2ccccc12)C(=O)N[C@@H](C)C(=O)N[C@@H](CCCN=C(N)N)C(=O)O. The van der Waals surface area contributed by atoms with Gasteiger partial charge in [-0.1, -0.05) is 45.9 Å². The minimum absolute atomic E-state index is 0.00969. The smallest absolute Gasteiger partial charge is 0.326 e. The number of nitrogens with one attached hydrogen (secondary N) is 7. The Labute approximate surface area is 409 Å². The zero-order valence-electron chi connectivity index (χ0n) is 40.6. The molecular weight excluding hydrogens is 927 g/mol. The lowest BCUT2D eigenvalue weighted by Crippen LogP contribution is -2.59. The molecule has 0 saturated carbocycles. The highest BCUT2D eigenvalue weighted by atomic mass is 16.6. The van der Waals surface area contributed by atoms with E-state index in [9.17, 15) is 58.9 Å². The van der Waals surface area contributed by atoms with Crippen molar-refractivity contribution < 1.29 is 48.5 Å². The molecule has 2 heterocycles. The van der Waals surface area contributed by atoms with Crippen molar-refractivity contribution >= 4 is 75.3 Å². The number of nitro benzene ring substituents is 2. The summed E-state index contributed by atoms with van der Waals surface area (Å²) in [4.78, 5) is 125. The maximum atomic E-state index is 14.2. The Kier molecular flexibility index (Phi) is 20.1. The molecule has 1 aromatic heterocycles. The zero-order valence-corrected chi connectivity index (χ0v) is 40.6. The van der Waals surface area contributed by atoms with Gasteiger partial charge in [-0.2, -0.15) is 0 Å². The van der Waals surface area contributed by atoms with Crippen LogP contribution < -0.4 is 48.3 Å². The summed E-state index contributed by atoms with van der Waals surface area (Å²) in [5.41, 5.74) is 11.0. The molecule has 1 saturated heterocycles. The lowest BCUT2D eigenvalue weighted by atomic mass is 10.00. The highest BCUT2D eigenvalue weighted by Crippen LogP contribution is 2.36. The maximum absolute atomic E-state index is 14.2. The van der Waals surface area contributed by atoms with E-state index in [1.165, 1.54) is 24.8 Å². The van der Waals surface area contributed by atoms with Gasteiger partial charge < -0.3 is 58.4 Å². The summed E-state index contributed by atoms with van der Waals surface area (Å²) >= 11 is 0. The van der Waals surface area contributed by atoms with Crippen molar-refractivity contribution in [1.82, 2.24) is 36.9 Å². The topological polar surface area (TPSA) is 382 Å². The molecule has 3 aromatic rings. The molecule has 6 amide bonds. The molecular formula is C46H65N13O12. The number of aliphatic carboxylic acids is 1. The fraction of sp³-hybridized carbons (Fsp3) is 0.522. The standard InChI is InChI=1S/C46H65N13O12/c1-24(2)19-33(56-44(65)37-14-10-18-57(37)36-16-15-29(58(68)69)22-38(36)59(70)71)41(62)51-27(6)40(61)54-34(20-25(3)4)43(64)55-35(21-28-23-50-31-12-8-7-11-30(28)31)42(63)52-26(5)39(60)53-32(45(66)67)13-9-17-49-46(47)48/h7-8,11-12,15-16,22-27,32-35,37,50H,9-10,13-14,17-21H2,1-6H3,(H,51,62)(H,52,63)(H,53,60)(H,54,61)(H,55,64)(H,56,65)(H,66,67)(H4,47,48,49)/t26-,27-,32-,33-,34-,35-,37-/m0/s1. The number of amides is 6. The van der Waals surface area contributed by atoms with Gasteiger partial charge in [-0.15, -0.1) is 0 Å². The number of para-hydroxylation sites is 1. The normalized spacial score (nSPS) is 15.9. The quantitative estimate of drug-likeness (QED) is 0.0179. The van der Waals surface area contributed by atoms with E-state index >= 15 is 0 Å². The number of anilines is 1. The summed E-state index contributed by atoms with van der Waals surface area (Å²) in [5, 5.41) is 49.5. The summed E-state index contributed by atoms with van der Waals surface area (Å²) in [7, 11) is 0. The molecule has 7 atom stereocenters. The number of nitrogens with zero attached hydrogens (tertiary/aromatic N) is 4. The van der Waals surface area contributed by atoms with E-state index in [-0.39, 0.29) is 75.1 Å². The number of rotatable bonds is 26. The van der Waals surface area contributed by atoms with Gasteiger partial charge in [0.05, 0.1) is 15.9 Å². The number of hydrogen-bond donors (Lipinski definition) is 10. The lowest BCUT2D eigenvalue weighted by Gasteiger charge is -2.29. The fourth-order valence-corrected chi connectivity index (χ4v) is 8.13. The van der Waals surface area contributed by atoms with Crippen molar-refractivity contribution in [2.75, 3.05) is 18.0 Å². The second-order valence-electron chi connectivity index (χ2n) is 18.4. The highest BCUT2D eigenvalue weighted by Gasteiger charge is 2.38. The number of H-pyrrole nitrogens is 1. The van der Waals surface area contributed by atoms with Gasteiger partial charge in [-0.3, -0.25) is 54.0 Å². The third kappa shape index (κ3) is 16.1. The van der Waals surface area contributed by atoms with Crippen molar-refractivity contribution in [2.45, 2.75) is 129 Å². The highest BCUT2D eigenvalue weighted by molar-refractivity contribution is 5.98. The van der Waals surface area contributed by atoms with Gasteiger partial charge in [0.15, 0.2) is 5.96 Å². The number of nitrogens with two attached hydrogens (primary N) is 2. The largest absolute Gasteiger partial charge is 0.480 e. The Morgan fingerprint density at radius 3 is 1.90 bits per heavy atom. The molecule has 0 bridgehead atoms. The Balaban J connectivity index is 1.48. The van der Waals surface area contributed by atoms with Crippen molar-refractivity contribution in [3.05, 3.63) is 74.5 Å². The molecule has 25 heteroatoms. The molecule has 71 heavy (non-hydrogen) atoms. The molecule has 0 aliphatic carbocycles. The average Bonchev–Trinajstić information content (AvgIpc) is 3.96. The van der Waals surface area contributed by atoms with Gasteiger partial charge in [-0.05, 0) is 81.9 Å². The lowest BCUT2D eigenvalue weighted by molar-refractivity contribution is -0.393. The minimum atomic E-state index is -1.32. The van der Waals surface area contributed by atoms with Crippen molar-refractivity contribution in [3.8, 4) is 0 Å². The summed E-state index contributed by atoms with van der Waals surface area (Å²) in [6, 6.07) is 1.89. The van der Waals surface area contributed by atoms with E-state index in [0.29, 0.717) is 12.0 Å². The summed E-state index contributed by atoms with van der Waals surface area (Å²) in [5.74, 6) is -6.25. The minimum Gasteiger partial charge on any atom is -0.480 e. The van der Waals surface area contributed by atoms with Crippen LogP contribution in [0.1, 0.15) is 85.6 Å². The Morgan fingerprint density at radius 1 is 0.761 bits per heavy atom. The average molecular weight is 992 g/mol. The Morgan fingerprint density at radius 2 is 1.32 bits per heavy atom. The van der Waals surface area contributed by atoms with E-state index in [2.05, 4.69) is 41.9 Å². The number of aromatic amines is 1. The third-order valence-corrected chi connectivity index (χ3v) is 11.7. The van der Waals surface area contributed by atoms with E-state index < -0.39 is 105 Å². The first kappa shape index (κ1) is 55.7. The van der Waals surface area contributed by atoms with Crippen LogP contribution in [0.4, 0.5) is 17.1 Å². The molecule has 2 aromatic carbocycles.